The molecule has 10 heteroatoms. The molecule has 0 unspecified atom stereocenters. The van der Waals surface area contributed by atoms with E-state index in [0.717, 1.165) is 25.7 Å². The number of rotatable bonds is 7. The van der Waals surface area contributed by atoms with E-state index in [2.05, 4.69) is 40.7 Å². The summed E-state index contributed by atoms with van der Waals surface area (Å²) in [5.74, 6) is 1.35. The summed E-state index contributed by atoms with van der Waals surface area (Å²) in [6, 6.07) is 0. The van der Waals surface area contributed by atoms with Crippen molar-refractivity contribution in [1.82, 2.24) is 0 Å². The Bertz CT molecular complexity index is 1080. The summed E-state index contributed by atoms with van der Waals surface area (Å²) < 4.78 is 51.6. The quantitative estimate of drug-likeness (QED) is 0.120. The van der Waals surface area contributed by atoms with Crippen molar-refractivity contribution in [2.75, 3.05) is 0 Å². The maximum absolute atomic E-state index is 11.8. The van der Waals surface area contributed by atoms with Crippen LogP contribution in [0.2, 0.25) is 0 Å². The fourth-order valence-corrected chi connectivity index (χ4v) is 10.1. The Morgan fingerprint density at radius 3 is 2.44 bits per heavy atom. The molecule has 4 fully saturated rings. The molecule has 1 saturated heterocycles. The number of aliphatic hydroxyl groups is 1. The molecule has 5 aliphatic rings. The SMILES string of the molecule is CC(=O)O[C@@H]1[C@@H](OS(=O)(=O)[O-])[C@@H]2CC=C3[C@@H]4CC[C@H]([C@H](C)[C@@H]5O[C@H]5CC(C)C)[C@@]4(C)CC[C@@H]3[C@@]2(C)C[C@H]1O.[Na+]. The van der Waals surface area contributed by atoms with Crippen LogP contribution in [0.1, 0.15) is 86.5 Å². The summed E-state index contributed by atoms with van der Waals surface area (Å²) in [7, 11) is -5.06. The van der Waals surface area contributed by atoms with Crippen molar-refractivity contribution >= 4 is 16.4 Å². The maximum atomic E-state index is 11.8. The first-order valence-electron chi connectivity index (χ1n) is 14.5. The Labute approximate surface area is 256 Å². The zero-order valence-corrected chi connectivity index (χ0v) is 27.4. The number of aliphatic hydroxyl groups excluding tert-OH is 1. The number of fused-ring (bicyclic) bond motifs is 5. The third-order valence-corrected chi connectivity index (χ3v) is 11.7. The van der Waals surface area contributed by atoms with Gasteiger partial charge < -0.3 is 19.1 Å². The minimum Gasteiger partial charge on any atom is -0.726 e. The normalized spacial score (nSPS) is 45.8. The minimum absolute atomic E-state index is 0. The summed E-state index contributed by atoms with van der Waals surface area (Å²) >= 11 is 0. The number of epoxide rings is 1. The van der Waals surface area contributed by atoms with Crippen molar-refractivity contribution in [2.45, 2.75) is 117 Å². The molecule has 0 aromatic rings. The summed E-state index contributed by atoms with van der Waals surface area (Å²) in [6.45, 7) is 12.6. The van der Waals surface area contributed by atoms with Crippen LogP contribution in [0.15, 0.2) is 11.6 Å². The van der Waals surface area contributed by atoms with Gasteiger partial charge in [-0.3, -0.25) is 8.98 Å². The zero-order chi connectivity index (χ0) is 27.8. The predicted octanol–water partition coefficient (Wildman–Crippen LogP) is 1.38. The Hall–Kier alpha value is -0.000000000000000222. The molecule has 5 rings (SSSR count). The molecule has 0 spiro atoms. The van der Waals surface area contributed by atoms with E-state index in [-0.39, 0.29) is 46.8 Å². The molecule has 1 heterocycles. The van der Waals surface area contributed by atoms with Crippen LogP contribution in [0.3, 0.4) is 0 Å². The van der Waals surface area contributed by atoms with Crippen LogP contribution in [0.4, 0.5) is 0 Å². The van der Waals surface area contributed by atoms with Crippen LogP contribution in [0, 0.1) is 46.3 Å². The zero-order valence-electron chi connectivity index (χ0n) is 24.6. The second-order valence-electron chi connectivity index (χ2n) is 13.8. The second kappa shape index (κ2) is 11.3. The Morgan fingerprint density at radius 2 is 1.82 bits per heavy atom. The van der Waals surface area contributed by atoms with E-state index >= 15 is 0 Å². The van der Waals surface area contributed by atoms with Gasteiger partial charge in [0.25, 0.3) is 0 Å². The maximum Gasteiger partial charge on any atom is 1.00 e. The Balaban J connectivity index is 0.00000353. The van der Waals surface area contributed by atoms with Gasteiger partial charge in [0.05, 0.1) is 18.3 Å². The third-order valence-electron chi connectivity index (χ3n) is 11.2. The van der Waals surface area contributed by atoms with Gasteiger partial charge in [0, 0.05) is 6.92 Å². The van der Waals surface area contributed by atoms with Crippen LogP contribution in [-0.2, 0) is 28.9 Å². The van der Waals surface area contributed by atoms with E-state index in [9.17, 15) is 22.9 Å². The van der Waals surface area contributed by atoms with Crippen molar-refractivity contribution in [3.8, 4) is 0 Å². The number of allylic oxidation sites excluding steroid dienone is 2. The standard InChI is InChI=1S/C29H46O8S.Na/c1-15(2)13-24-25(36-24)16(3)19-9-10-20-18-7-8-22-26(37-38(32,33)34)27(35-17(4)30)23(31)14-29(22,6)21(18)11-12-28(19,20)5;/h7,15-16,19-27,31H,8-14H2,1-6H3,(H,32,33,34);/q;+1/p-1/t16-,19+,20-,21-,22-,23+,24-,25-,26-,27-,28+,29+;/m0./s1. The molecule has 0 amide bonds. The molecule has 39 heavy (non-hydrogen) atoms. The monoisotopic (exact) mass is 576 g/mol. The largest absolute Gasteiger partial charge is 1.00 e. The fraction of sp³-hybridized carbons (Fsp3) is 0.897. The number of hydrogen-bond donors (Lipinski definition) is 1. The van der Waals surface area contributed by atoms with Crippen LogP contribution in [-0.4, -0.2) is 54.6 Å². The molecule has 0 aromatic carbocycles. The number of hydrogen-bond acceptors (Lipinski definition) is 8. The van der Waals surface area contributed by atoms with Gasteiger partial charge in [-0.05, 0) is 91.3 Å². The first-order valence-corrected chi connectivity index (χ1v) is 15.8. The average molecular weight is 577 g/mol. The van der Waals surface area contributed by atoms with E-state index in [0.29, 0.717) is 48.7 Å². The van der Waals surface area contributed by atoms with Crippen molar-refractivity contribution in [3.05, 3.63) is 11.6 Å². The molecule has 216 valence electrons. The summed E-state index contributed by atoms with van der Waals surface area (Å²) in [6.07, 6.45) is 5.83. The van der Waals surface area contributed by atoms with Crippen LogP contribution in [0.25, 0.3) is 0 Å². The number of ether oxygens (including phenoxy) is 2. The first-order chi connectivity index (χ1) is 17.7. The third kappa shape index (κ3) is 5.82. The fourth-order valence-electron chi connectivity index (χ4n) is 9.60. The van der Waals surface area contributed by atoms with Crippen molar-refractivity contribution in [1.29, 1.82) is 0 Å². The average Bonchev–Trinajstić information content (AvgIpc) is 3.44. The van der Waals surface area contributed by atoms with Gasteiger partial charge in [-0.25, -0.2) is 8.42 Å². The Morgan fingerprint density at radius 1 is 1.15 bits per heavy atom. The van der Waals surface area contributed by atoms with E-state index in [4.69, 9.17) is 13.7 Å². The van der Waals surface area contributed by atoms with Gasteiger partial charge in [0.15, 0.2) is 6.10 Å². The molecule has 1 aliphatic heterocycles. The second-order valence-corrected chi connectivity index (χ2v) is 14.8. The number of esters is 1. The van der Waals surface area contributed by atoms with Crippen LogP contribution >= 0.6 is 0 Å². The van der Waals surface area contributed by atoms with Gasteiger partial charge in [0.1, 0.15) is 6.10 Å². The van der Waals surface area contributed by atoms with Crippen LogP contribution in [0.5, 0.6) is 0 Å². The molecule has 0 bridgehead atoms. The van der Waals surface area contributed by atoms with Gasteiger partial charge in [-0.15, -0.1) is 0 Å². The summed E-state index contributed by atoms with van der Waals surface area (Å²) in [4.78, 5) is 11.8. The van der Waals surface area contributed by atoms with Gasteiger partial charge in [-0.1, -0.05) is 46.3 Å². The van der Waals surface area contributed by atoms with E-state index < -0.39 is 40.1 Å². The molecule has 0 aromatic heterocycles. The molecule has 12 atom stereocenters. The molecule has 3 saturated carbocycles. The van der Waals surface area contributed by atoms with E-state index in [1.54, 1.807) is 0 Å². The summed E-state index contributed by atoms with van der Waals surface area (Å²) in [5, 5.41) is 11.1. The Kier molecular flexibility index (Phi) is 9.21. The first kappa shape index (κ1) is 31.9. The molecular weight excluding hydrogens is 531 g/mol. The number of carbonyl (C=O) groups excluding carboxylic acids is 1. The molecule has 0 radical (unpaired) electrons. The van der Waals surface area contributed by atoms with E-state index in [1.807, 2.05) is 0 Å². The smallest absolute Gasteiger partial charge is 0.726 e. The summed E-state index contributed by atoms with van der Waals surface area (Å²) in [5.41, 5.74) is 1.15. The topological polar surface area (TPSA) is 125 Å². The molecule has 4 aliphatic carbocycles. The predicted molar refractivity (Wildman–Crippen MR) is 139 cm³/mol. The molecule has 1 N–H and O–H groups in total. The molecular formula is C29H45NaO8S. The van der Waals surface area contributed by atoms with Gasteiger partial charge in [-0.2, -0.15) is 0 Å². The number of carbonyl (C=O) groups is 1. The van der Waals surface area contributed by atoms with Crippen molar-refractivity contribution in [3.63, 3.8) is 0 Å². The van der Waals surface area contributed by atoms with Crippen LogP contribution < -0.4 is 29.6 Å². The molecule has 8 nitrogen and oxygen atoms in total. The van der Waals surface area contributed by atoms with Crippen molar-refractivity contribution < 1.29 is 66.1 Å². The van der Waals surface area contributed by atoms with E-state index in [1.165, 1.54) is 18.9 Å². The van der Waals surface area contributed by atoms with Gasteiger partial charge >= 0.3 is 35.5 Å². The van der Waals surface area contributed by atoms with Crippen molar-refractivity contribution in [2.24, 2.45) is 46.3 Å². The van der Waals surface area contributed by atoms with Gasteiger partial charge in [0.2, 0.25) is 10.4 Å². The minimum atomic E-state index is -5.06.